The number of hydrogen-bond donors (Lipinski definition) is 3. The van der Waals surface area contributed by atoms with Crippen molar-refractivity contribution in [3.63, 3.8) is 0 Å². The quantitative estimate of drug-likeness (QED) is 0.414. The smallest absolute Gasteiger partial charge is 0.189 e. The predicted molar refractivity (Wildman–Crippen MR) is 112 cm³/mol. The van der Waals surface area contributed by atoms with E-state index in [4.69, 9.17) is 5.73 Å². The first kappa shape index (κ1) is 16.7. The first-order valence-electron chi connectivity index (χ1n) is 7.86. The average molecular weight is 427 g/mol. The summed E-state index contributed by atoms with van der Waals surface area (Å²) in [5.41, 5.74) is 9.70. The van der Waals surface area contributed by atoms with Crippen LogP contribution in [0.2, 0.25) is 0 Å². The second-order valence-electron chi connectivity index (χ2n) is 5.69. The number of benzene rings is 2. The van der Waals surface area contributed by atoms with E-state index in [1.165, 1.54) is 6.33 Å². The number of para-hydroxylation sites is 1. The van der Waals surface area contributed by atoms with Gasteiger partial charge in [-0.2, -0.15) is 0 Å². The molecule has 0 unspecified atom stereocenters. The van der Waals surface area contributed by atoms with Crippen LogP contribution in [-0.2, 0) is 0 Å². The maximum absolute atomic E-state index is 6.26. The highest BCUT2D eigenvalue weighted by Crippen LogP contribution is 2.33. The Kier molecular flexibility index (Phi) is 4.44. The maximum atomic E-state index is 6.26. The molecule has 26 heavy (non-hydrogen) atoms. The van der Waals surface area contributed by atoms with Gasteiger partial charge in [-0.15, -0.1) is 0 Å². The summed E-state index contributed by atoms with van der Waals surface area (Å²) in [4.78, 5) is 13.1. The predicted octanol–water partition coefficient (Wildman–Crippen LogP) is 5.23. The highest BCUT2D eigenvalue weighted by Gasteiger charge is 2.12. The number of anilines is 5. The third-order valence-corrected chi connectivity index (χ3v) is 5.25. The molecule has 0 saturated carbocycles. The SMILES string of the molecule is Cc1cccc2sc(Nc3ncnc(Nc4cccc(Br)c4)c3N)nc12. The summed E-state index contributed by atoms with van der Waals surface area (Å²) in [6, 6.07) is 13.9. The molecule has 0 spiro atoms. The number of hydrogen-bond acceptors (Lipinski definition) is 7. The molecule has 130 valence electrons. The van der Waals surface area contributed by atoms with Crippen LogP contribution in [0.25, 0.3) is 10.2 Å². The van der Waals surface area contributed by atoms with E-state index < -0.39 is 0 Å². The Bertz CT molecular complexity index is 1090. The standard InChI is InChI=1S/C18H15BrN6S/c1-10-4-2-7-13-15(10)24-18(26-13)25-17-14(20)16(21-9-22-17)23-12-6-3-5-11(19)8-12/h2-9H,20H2,1H3,(H2,21,22,23,24,25). The molecule has 4 rings (SSSR count). The number of aromatic nitrogens is 3. The van der Waals surface area contributed by atoms with E-state index >= 15 is 0 Å². The van der Waals surface area contributed by atoms with Crippen LogP contribution in [0.5, 0.6) is 0 Å². The Morgan fingerprint density at radius 3 is 2.58 bits per heavy atom. The Hall–Kier alpha value is -2.71. The Morgan fingerprint density at radius 2 is 1.81 bits per heavy atom. The highest BCUT2D eigenvalue weighted by molar-refractivity contribution is 9.10. The molecule has 2 aromatic carbocycles. The Morgan fingerprint density at radius 1 is 1.04 bits per heavy atom. The number of halogens is 1. The van der Waals surface area contributed by atoms with Gasteiger partial charge in [0.1, 0.15) is 12.0 Å². The van der Waals surface area contributed by atoms with Gasteiger partial charge in [-0.3, -0.25) is 0 Å². The van der Waals surface area contributed by atoms with Gasteiger partial charge in [-0.1, -0.05) is 45.5 Å². The molecule has 0 aliphatic heterocycles. The van der Waals surface area contributed by atoms with E-state index in [1.54, 1.807) is 11.3 Å². The van der Waals surface area contributed by atoms with E-state index in [0.29, 0.717) is 17.3 Å². The van der Waals surface area contributed by atoms with Crippen molar-refractivity contribution in [2.45, 2.75) is 6.92 Å². The third-order valence-electron chi connectivity index (χ3n) is 3.82. The van der Waals surface area contributed by atoms with Crippen molar-refractivity contribution in [3.05, 3.63) is 58.8 Å². The zero-order valence-electron chi connectivity index (χ0n) is 13.8. The van der Waals surface area contributed by atoms with Crippen molar-refractivity contribution < 1.29 is 0 Å². The molecule has 0 radical (unpaired) electrons. The van der Waals surface area contributed by atoms with Crippen LogP contribution in [-0.4, -0.2) is 15.0 Å². The van der Waals surface area contributed by atoms with Crippen molar-refractivity contribution in [2.75, 3.05) is 16.4 Å². The van der Waals surface area contributed by atoms with Gasteiger partial charge in [-0.05, 0) is 36.8 Å². The average Bonchev–Trinajstić information content (AvgIpc) is 3.03. The summed E-state index contributed by atoms with van der Waals surface area (Å²) >= 11 is 5.01. The highest BCUT2D eigenvalue weighted by atomic mass is 79.9. The molecular weight excluding hydrogens is 412 g/mol. The summed E-state index contributed by atoms with van der Waals surface area (Å²) in [6.45, 7) is 2.05. The molecule has 0 fully saturated rings. The second-order valence-corrected chi connectivity index (χ2v) is 7.63. The monoisotopic (exact) mass is 426 g/mol. The molecule has 4 aromatic rings. The fraction of sp³-hybridized carbons (Fsp3) is 0.0556. The fourth-order valence-corrected chi connectivity index (χ4v) is 3.88. The van der Waals surface area contributed by atoms with Crippen LogP contribution in [0.3, 0.4) is 0 Å². The third kappa shape index (κ3) is 3.33. The van der Waals surface area contributed by atoms with E-state index in [-0.39, 0.29) is 0 Å². The zero-order valence-corrected chi connectivity index (χ0v) is 16.2. The zero-order chi connectivity index (χ0) is 18.1. The first-order valence-corrected chi connectivity index (χ1v) is 9.47. The van der Waals surface area contributed by atoms with E-state index in [2.05, 4.69) is 47.6 Å². The molecule has 0 saturated heterocycles. The Labute approximate surface area is 162 Å². The summed E-state index contributed by atoms with van der Waals surface area (Å²) in [6.07, 6.45) is 1.47. The molecule has 4 N–H and O–H groups in total. The summed E-state index contributed by atoms with van der Waals surface area (Å²) in [7, 11) is 0. The number of aryl methyl sites for hydroxylation is 1. The van der Waals surface area contributed by atoms with Crippen molar-refractivity contribution in [3.8, 4) is 0 Å². The van der Waals surface area contributed by atoms with Gasteiger partial charge in [0.05, 0.1) is 10.2 Å². The fourth-order valence-electron chi connectivity index (χ4n) is 2.54. The van der Waals surface area contributed by atoms with Crippen LogP contribution >= 0.6 is 27.3 Å². The van der Waals surface area contributed by atoms with Gasteiger partial charge >= 0.3 is 0 Å². The van der Waals surface area contributed by atoms with Crippen LogP contribution in [0, 0.1) is 6.92 Å². The van der Waals surface area contributed by atoms with Crippen LogP contribution in [0.1, 0.15) is 5.56 Å². The summed E-state index contributed by atoms with van der Waals surface area (Å²) in [5, 5.41) is 7.16. The summed E-state index contributed by atoms with van der Waals surface area (Å²) in [5.74, 6) is 1.06. The first-order chi connectivity index (χ1) is 12.6. The second kappa shape index (κ2) is 6.89. The van der Waals surface area contributed by atoms with Crippen LogP contribution in [0.4, 0.5) is 28.1 Å². The van der Waals surface area contributed by atoms with Gasteiger partial charge < -0.3 is 16.4 Å². The van der Waals surface area contributed by atoms with Crippen molar-refractivity contribution >= 4 is 65.6 Å². The van der Waals surface area contributed by atoms with Gasteiger partial charge in [0.15, 0.2) is 16.8 Å². The molecule has 8 heteroatoms. The minimum Gasteiger partial charge on any atom is -0.393 e. The molecule has 0 atom stereocenters. The minimum absolute atomic E-state index is 0.434. The number of nitrogens with one attached hydrogen (secondary N) is 2. The normalized spacial score (nSPS) is 10.8. The number of fused-ring (bicyclic) bond motifs is 1. The van der Waals surface area contributed by atoms with Gasteiger partial charge in [0.2, 0.25) is 0 Å². The number of nitrogens with zero attached hydrogens (tertiary/aromatic N) is 3. The number of nitrogens with two attached hydrogens (primary N) is 1. The topological polar surface area (TPSA) is 88.8 Å². The number of nitrogen functional groups attached to an aromatic ring is 1. The molecule has 0 amide bonds. The lowest BCUT2D eigenvalue weighted by Gasteiger charge is -2.11. The molecule has 0 aliphatic rings. The summed E-state index contributed by atoms with van der Waals surface area (Å²) < 4.78 is 2.09. The van der Waals surface area contributed by atoms with E-state index in [9.17, 15) is 0 Å². The van der Waals surface area contributed by atoms with Crippen molar-refractivity contribution in [1.82, 2.24) is 15.0 Å². The minimum atomic E-state index is 0.434. The molecule has 6 nitrogen and oxygen atoms in total. The van der Waals surface area contributed by atoms with E-state index in [1.807, 2.05) is 43.3 Å². The lowest BCUT2D eigenvalue weighted by Crippen LogP contribution is -2.05. The van der Waals surface area contributed by atoms with Crippen LogP contribution in [0.15, 0.2) is 53.3 Å². The molecule has 2 heterocycles. The number of rotatable bonds is 4. The molecule has 0 aliphatic carbocycles. The Balaban J connectivity index is 1.63. The molecule has 0 bridgehead atoms. The number of thiazole rings is 1. The maximum Gasteiger partial charge on any atom is 0.189 e. The molecular formula is C18H15BrN6S. The lowest BCUT2D eigenvalue weighted by atomic mass is 10.2. The van der Waals surface area contributed by atoms with Crippen molar-refractivity contribution in [2.24, 2.45) is 0 Å². The molecule has 2 aromatic heterocycles. The van der Waals surface area contributed by atoms with Gasteiger partial charge in [-0.25, -0.2) is 15.0 Å². The largest absolute Gasteiger partial charge is 0.393 e. The van der Waals surface area contributed by atoms with Gasteiger partial charge in [0, 0.05) is 10.2 Å². The van der Waals surface area contributed by atoms with Gasteiger partial charge in [0.25, 0.3) is 0 Å². The lowest BCUT2D eigenvalue weighted by molar-refractivity contribution is 1.17. The van der Waals surface area contributed by atoms with Crippen molar-refractivity contribution in [1.29, 1.82) is 0 Å². The van der Waals surface area contributed by atoms with Crippen LogP contribution < -0.4 is 16.4 Å². The van der Waals surface area contributed by atoms with E-state index in [0.717, 1.165) is 31.1 Å².